The van der Waals surface area contributed by atoms with E-state index in [1.165, 1.54) is 43.2 Å². The number of hydrogen-bond acceptors (Lipinski definition) is 4. The third-order valence-electron chi connectivity index (χ3n) is 9.99. The van der Waals surface area contributed by atoms with E-state index in [0.717, 1.165) is 39.5 Å². The van der Waals surface area contributed by atoms with Gasteiger partial charge in [0.1, 0.15) is 5.69 Å². The number of pyridine rings is 1. The second-order valence-corrected chi connectivity index (χ2v) is 13.8. The van der Waals surface area contributed by atoms with Crippen LogP contribution in [0.4, 0.5) is 0 Å². The molecule has 10 rings (SSSR count). The molecule has 0 atom stereocenters. The molecule has 0 unspecified atom stereocenters. The van der Waals surface area contributed by atoms with Crippen LogP contribution in [0.25, 0.3) is 56.4 Å². The van der Waals surface area contributed by atoms with Crippen LogP contribution in [0.15, 0.2) is 186 Å². The van der Waals surface area contributed by atoms with Crippen molar-refractivity contribution in [1.82, 2.24) is 15.0 Å². The first-order valence-corrected chi connectivity index (χ1v) is 17.7. The molecule has 0 amide bonds. The van der Waals surface area contributed by atoms with Gasteiger partial charge in [0, 0.05) is 26.5 Å². The van der Waals surface area contributed by atoms with Gasteiger partial charge in [-0.15, -0.1) is 0 Å². The molecule has 234 valence electrons. The SMILES string of the molecule is c1ccc(-c2cc(-c3ccccc3)nc(-c3cccc(-c4cccc5c4Sc4ccccc4C54c5ccccc5-c5ccccc54)n3)n2)cc1. The van der Waals surface area contributed by atoms with Gasteiger partial charge < -0.3 is 0 Å². The molecular formula is C46H29N3S. The second-order valence-electron chi connectivity index (χ2n) is 12.7. The van der Waals surface area contributed by atoms with Gasteiger partial charge in [-0.1, -0.05) is 163 Å². The van der Waals surface area contributed by atoms with Crippen molar-refractivity contribution in [3.05, 3.63) is 198 Å². The zero-order valence-corrected chi connectivity index (χ0v) is 27.8. The molecule has 8 aromatic rings. The highest BCUT2D eigenvalue weighted by Gasteiger charge is 2.50. The molecule has 0 N–H and O–H groups in total. The summed E-state index contributed by atoms with van der Waals surface area (Å²) in [4.78, 5) is 18.0. The van der Waals surface area contributed by atoms with Crippen LogP contribution < -0.4 is 0 Å². The van der Waals surface area contributed by atoms with Crippen LogP contribution in [-0.2, 0) is 5.41 Å². The summed E-state index contributed by atoms with van der Waals surface area (Å²) in [6.45, 7) is 0. The summed E-state index contributed by atoms with van der Waals surface area (Å²) in [7, 11) is 0. The fourth-order valence-electron chi connectivity index (χ4n) is 7.86. The van der Waals surface area contributed by atoms with E-state index >= 15 is 0 Å². The van der Waals surface area contributed by atoms with Crippen molar-refractivity contribution < 1.29 is 0 Å². The van der Waals surface area contributed by atoms with E-state index in [-0.39, 0.29) is 0 Å². The van der Waals surface area contributed by atoms with Crippen molar-refractivity contribution >= 4 is 11.8 Å². The Morgan fingerprint density at radius 2 is 0.860 bits per heavy atom. The van der Waals surface area contributed by atoms with Gasteiger partial charge in [0.2, 0.25) is 0 Å². The zero-order chi connectivity index (χ0) is 33.1. The minimum atomic E-state index is -0.435. The second kappa shape index (κ2) is 11.5. The van der Waals surface area contributed by atoms with Gasteiger partial charge in [0.25, 0.3) is 0 Å². The Balaban J connectivity index is 1.18. The van der Waals surface area contributed by atoms with Gasteiger partial charge in [-0.3, -0.25) is 0 Å². The Morgan fingerprint density at radius 1 is 0.360 bits per heavy atom. The maximum absolute atomic E-state index is 5.31. The summed E-state index contributed by atoms with van der Waals surface area (Å²) in [5.74, 6) is 0.602. The van der Waals surface area contributed by atoms with Gasteiger partial charge in [0.15, 0.2) is 5.82 Å². The highest BCUT2D eigenvalue weighted by molar-refractivity contribution is 7.99. The van der Waals surface area contributed by atoms with E-state index in [1.54, 1.807) is 0 Å². The minimum Gasteiger partial charge on any atom is -0.244 e. The van der Waals surface area contributed by atoms with E-state index in [4.69, 9.17) is 15.0 Å². The molecule has 0 saturated carbocycles. The minimum absolute atomic E-state index is 0.435. The molecule has 0 fully saturated rings. The molecule has 1 aliphatic heterocycles. The Hall–Kier alpha value is -6.10. The Labute approximate surface area is 295 Å². The van der Waals surface area contributed by atoms with Crippen LogP contribution in [-0.4, -0.2) is 15.0 Å². The first-order valence-electron chi connectivity index (χ1n) is 16.9. The molecule has 2 aliphatic rings. The third kappa shape index (κ3) is 4.35. The Kier molecular flexibility index (Phi) is 6.64. The molecule has 1 spiro atoms. The summed E-state index contributed by atoms with van der Waals surface area (Å²) in [6, 6.07) is 62.3. The van der Waals surface area contributed by atoms with Crippen LogP contribution in [0.5, 0.6) is 0 Å². The predicted octanol–water partition coefficient (Wildman–Crippen LogP) is 11.4. The predicted molar refractivity (Wildman–Crippen MR) is 203 cm³/mol. The number of rotatable bonds is 4. The highest BCUT2D eigenvalue weighted by Crippen LogP contribution is 2.63. The lowest BCUT2D eigenvalue weighted by molar-refractivity contribution is 0.723. The first kappa shape index (κ1) is 28.9. The maximum Gasteiger partial charge on any atom is 0.179 e. The lowest BCUT2D eigenvalue weighted by Crippen LogP contribution is -2.32. The maximum atomic E-state index is 5.31. The molecule has 3 heterocycles. The van der Waals surface area contributed by atoms with Crippen LogP contribution in [0.1, 0.15) is 22.3 Å². The first-order chi connectivity index (χ1) is 24.8. The quantitative estimate of drug-likeness (QED) is 0.189. The summed E-state index contributed by atoms with van der Waals surface area (Å²) in [5.41, 5.74) is 14.0. The highest BCUT2D eigenvalue weighted by atomic mass is 32.2. The van der Waals surface area contributed by atoms with Crippen molar-refractivity contribution in [3.63, 3.8) is 0 Å². The number of hydrogen-bond donors (Lipinski definition) is 0. The average molecular weight is 656 g/mol. The normalized spacial score (nSPS) is 13.3. The molecule has 0 saturated heterocycles. The molecule has 50 heavy (non-hydrogen) atoms. The van der Waals surface area contributed by atoms with E-state index in [1.807, 2.05) is 54.2 Å². The molecule has 6 aromatic carbocycles. The van der Waals surface area contributed by atoms with Crippen molar-refractivity contribution in [2.45, 2.75) is 15.2 Å². The molecule has 4 heteroatoms. The van der Waals surface area contributed by atoms with Crippen molar-refractivity contribution in [1.29, 1.82) is 0 Å². The topological polar surface area (TPSA) is 38.7 Å². The van der Waals surface area contributed by atoms with Gasteiger partial charge in [-0.25, -0.2) is 15.0 Å². The molecule has 1 aliphatic carbocycles. The van der Waals surface area contributed by atoms with E-state index in [9.17, 15) is 0 Å². The van der Waals surface area contributed by atoms with E-state index < -0.39 is 5.41 Å². The Morgan fingerprint density at radius 3 is 1.52 bits per heavy atom. The van der Waals surface area contributed by atoms with Crippen molar-refractivity contribution in [3.8, 4) is 56.4 Å². The zero-order valence-electron chi connectivity index (χ0n) is 27.0. The fraction of sp³-hybridized carbons (Fsp3) is 0.0217. The summed E-state index contributed by atoms with van der Waals surface area (Å²) in [6.07, 6.45) is 0. The monoisotopic (exact) mass is 655 g/mol. The number of benzene rings is 6. The van der Waals surface area contributed by atoms with Crippen LogP contribution in [0, 0.1) is 0 Å². The van der Waals surface area contributed by atoms with Gasteiger partial charge in [-0.05, 0) is 57.6 Å². The van der Waals surface area contributed by atoms with Gasteiger partial charge >= 0.3 is 0 Å². The smallest absolute Gasteiger partial charge is 0.179 e. The van der Waals surface area contributed by atoms with Crippen molar-refractivity contribution in [2.75, 3.05) is 0 Å². The molecular weight excluding hydrogens is 627 g/mol. The van der Waals surface area contributed by atoms with Gasteiger partial charge in [-0.2, -0.15) is 0 Å². The standard InChI is InChI=1S/C46H29N3S/c1-3-15-30(16-4-1)41-29-42(31-17-5-2-6-18-31)49-45(48-41)40-27-14-26-39(47-40)34-21-13-25-38-44(34)50-43-28-12-11-24-37(43)46(38)35-22-9-7-19-32(35)33-20-8-10-23-36(33)46/h1-29H. The average Bonchev–Trinajstić information content (AvgIpc) is 3.49. The molecule has 0 radical (unpaired) electrons. The lowest BCUT2D eigenvalue weighted by Gasteiger charge is -2.40. The summed E-state index contributed by atoms with van der Waals surface area (Å²) >= 11 is 1.84. The number of nitrogens with zero attached hydrogens (tertiary/aromatic N) is 3. The number of fused-ring (bicyclic) bond motifs is 9. The summed E-state index contributed by atoms with van der Waals surface area (Å²) < 4.78 is 0. The van der Waals surface area contributed by atoms with Crippen LogP contribution >= 0.6 is 11.8 Å². The third-order valence-corrected chi connectivity index (χ3v) is 11.2. The summed E-state index contributed by atoms with van der Waals surface area (Å²) in [5, 5.41) is 0. The number of aromatic nitrogens is 3. The van der Waals surface area contributed by atoms with Gasteiger partial charge in [0.05, 0.1) is 22.5 Å². The van der Waals surface area contributed by atoms with Crippen molar-refractivity contribution in [2.24, 2.45) is 0 Å². The van der Waals surface area contributed by atoms with E-state index in [2.05, 4.69) is 133 Å². The van der Waals surface area contributed by atoms with Crippen LogP contribution in [0.2, 0.25) is 0 Å². The fourth-order valence-corrected chi connectivity index (χ4v) is 9.18. The largest absolute Gasteiger partial charge is 0.244 e. The van der Waals surface area contributed by atoms with Crippen LogP contribution in [0.3, 0.4) is 0 Å². The Bertz CT molecular complexity index is 2480. The molecule has 2 aromatic heterocycles. The molecule has 3 nitrogen and oxygen atoms in total. The molecule has 0 bridgehead atoms. The van der Waals surface area contributed by atoms with E-state index in [0.29, 0.717) is 5.82 Å². The lowest BCUT2D eigenvalue weighted by atomic mass is 9.67.